The SMILES string of the molecule is Cc1csc(C(C)(O)c2nnc(Nc3ncccn3)s2)n1. The predicted molar refractivity (Wildman–Crippen MR) is 80.7 cm³/mol. The molecule has 1 unspecified atom stereocenters. The molecule has 0 aliphatic heterocycles. The summed E-state index contributed by atoms with van der Waals surface area (Å²) < 4.78 is 0. The van der Waals surface area contributed by atoms with Crippen molar-refractivity contribution < 1.29 is 5.11 Å². The van der Waals surface area contributed by atoms with Gasteiger partial charge in [0.1, 0.15) is 5.01 Å². The molecule has 0 aliphatic rings. The molecule has 3 aromatic heterocycles. The van der Waals surface area contributed by atoms with E-state index in [-0.39, 0.29) is 0 Å². The molecule has 0 fully saturated rings. The molecule has 0 aromatic carbocycles. The zero-order chi connectivity index (χ0) is 14.9. The van der Waals surface area contributed by atoms with Gasteiger partial charge in [-0.2, -0.15) is 0 Å². The summed E-state index contributed by atoms with van der Waals surface area (Å²) in [6.07, 6.45) is 3.26. The van der Waals surface area contributed by atoms with Gasteiger partial charge in [0.2, 0.25) is 11.1 Å². The second kappa shape index (κ2) is 5.43. The van der Waals surface area contributed by atoms with Crippen LogP contribution in [-0.2, 0) is 5.60 Å². The highest BCUT2D eigenvalue weighted by atomic mass is 32.1. The minimum absolute atomic E-state index is 0.435. The third-order valence-corrected chi connectivity index (χ3v) is 4.88. The Bertz CT molecular complexity index is 739. The standard InChI is InChI=1S/C12H12N6OS2/c1-7-6-20-8(15-7)12(2,19)9-17-18-11(21-9)16-10-13-4-3-5-14-10/h3-6,19H,1-2H3,(H,13,14,16,18). The minimum Gasteiger partial charge on any atom is -0.376 e. The van der Waals surface area contributed by atoms with Crippen LogP contribution in [0.4, 0.5) is 11.1 Å². The fourth-order valence-electron chi connectivity index (χ4n) is 1.60. The number of nitrogens with zero attached hydrogens (tertiary/aromatic N) is 5. The summed E-state index contributed by atoms with van der Waals surface area (Å²) in [5, 5.41) is 25.1. The van der Waals surface area contributed by atoms with E-state index in [1.807, 2.05) is 12.3 Å². The Labute approximate surface area is 128 Å². The molecule has 0 spiro atoms. The zero-order valence-corrected chi connectivity index (χ0v) is 12.9. The molecule has 108 valence electrons. The lowest BCUT2D eigenvalue weighted by Crippen LogP contribution is -2.22. The van der Waals surface area contributed by atoms with E-state index in [4.69, 9.17) is 0 Å². The molecule has 0 amide bonds. The summed E-state index contributed by atoms with van der Waals surface area (Å²) in [5.41, 5.74) is -0.385. The number of aliphatic hydroxyl groups is 1. The van der Waals surface area contributed by atoms with Crippen LogP contribution in [-0.4, -0.2) is 30.3 Å². The molecular weight excluding hydrogens is 308 g/mol. The van der Waals surface area contributed by atoms with Crippen LogP contribution in [0.15, 0.2) is 23.8 Å². The number of thiazole rings is 1. The van der Waals surface area contributed by atoms with Crippen LogP contribution in [0.25, 0.3) is 0 Å². The molecule has 1 atom stereocenters. The van der Waals surface area contributed by atoms with Crippen molar-refractivity contribution >= 4 is 33.8 Å². The molecule has 0 radical (unpaired) electrons. The second-order valence-electron chi connectivity index (χ2n) is 4.48. The number of hydrogen-bond donors (Lipinski definition) is 2. The normalized spacial score (nSPS) is 13.9. The summed E-state index contributed by atoms with van der Waals surface area (Å²) in [5.74, 6) is 0.435. The number of aromatic nitrogens is 5. The van der Waals surface area contributed by atoms with E-state index in [1.54, 1.807) is 25.4 Å². The monoisotopic (exact) mass is 320 g/mol. The van der Waals surface area contributed by atoms with Gasteiger partial charge in [0.05, 0.1) is 0 Å². The maximum atomic E-state index is 10.6. The number of aryl methyl sites for hydroxylation is 1. The summed E-state index contributed by atoms with van der Waals surface area (Å²) in [4.78, 5) is 12.4. The summed E-state index contributed by atoms with van der Waals surface area (Å²) in [7, 11) is 0. The molecule has 2 N–H and O–H groups in total. The van der Waals surface area contributed by atoms with Gasteiger partial charge in [0.15, 0.2) is 10.6 Å². The van der Waals surface area contributed by atoms with Crippen LogP contribution in [0.2, 0.25) is 0 Å². The molecule has 3 heterocycles. The van der Waals surface area contributed by atoms with E-state index in [9.17, 15) is 5.11 Å². The number of anilines is 2. The van der Waals surface area contributed by atoms with E-state index in [1.165, 1.54) is 22.7 Å². The van der Waals surface area contributed by atoms with Gasteiger partial charge in [0, 0.05) is 23.5 Å². The average molecular weight is 320 g/mol. The fraction of sp³-hybridized carbons (Fsp3) is 0.250. The highest BCUT2D eigenvalue weighted by Gasteiger charge is 2.33. The first-order valence-corrected chi connectivity index (χ1v) is 7.78. The van der Waals surface area contributed by atoms with Gasteiger partial charge in [-0.3, -0.25) is 5.32 Å². The molecule has 7 nitrogen and oxygen atoms in total. The molecule has 0 aliphatic carbocycles. The Morgan fingerprint density at radius 2 is 1.95 bits per heavy atom. The van der Waals surface area contributed by atoms with E-state index in [0.717, 1.165) is 5.69 Å². The molecule has 0 saturated carbocycles. The van der Waals surface area contributed by atoms with Crippen LogP contribution in [0.3, 0.4) is 0 Å². The van der Waals surface area contributed by atoms with Crippen LogP contribution in [0, 0.1) is 6.92 Å². The molecule has 0 bridgehead atoms. The van der Waals surface area contributed by atoms with Crippen LogP contribution in [0.5, 0.6) is 0 Å². The summed E-state index contributed by atoms with van der Waals surface area (Å²) in [6.45, 7) is 3.55. The lowest BCUT2D eigenvalue weighted by molar-refractivity contribution is 0.101. The second-order valence-corrected chi connectivity index (χ2v) is 6.31. The quantitative estimate of drug-likeness (QED) is 0.759. The number of rotatable bonds is 4. The van der Waals surface area contributed by atoms with Gasteiger partial charge in [-0.1, -0.05) is 11.3 Å². The van der Waals surface area contributed by atoms with Crippen molar-refractivity contribution in [1.29, 1.82) is 0 Å². The van der Waals surface area contributed by atoms with Crippen molar-refractivity contribution in [3.8, 4) is 0 Å². The van der Waals surface area contributed by atoms with Crippen molar-refractivity contribution in [2.75, 3.05) is 5.32 Å². The van der Waals surface area contributed by atoms with Crippen molar-refractivity contribution in [3.63, 3.8) is 0 Å². The lowest BCUT2D eigenvalue weighted by atomic mass is 10.1. The maximum absolute atomic E-state index is 10.6. The smallest absolute Gasteiger partial charge is 0.228 e. The van der Waals surface area contributed by atoms with Gasteiger partial charge in [-0.05, 0) is 19.9 Å². The van der Waals surface area contributed by atoms with Gasteiger partial charge in [-0.15, -0.1) is 21.5 Å². The van der Waals surface area contributed by atoms with Crippen molar-refractivity contribution in [2.45, 2.75) is 19.4 Å². The minimum atomic E-state index is -1.26. The number of nitrogens with one attached hydrogen (secondary N) is 1. The highest BCUT2D eigenvalue weighted by molar-refractivity contribution is 7.15. The third-order valence-electron chi connectivity index (χ3n) is 2.66. The first kappa shape index (κ1) is 14.0. The Balaban J connectivity index is 1.84. The summed E-state index contributed by atoms with van der Waals surface area (Å²) in [6, 6.07) is 1.73. The highest BCUT2D eigenvalue weighted by Crippen LogP contribution is 2.34. The first-order chi connectivity index (χ1) is 10.1. The summed E-state index contributed by atoms with van der Waals surface area (Å²) >= 11 is 2.64. The molecule has 0 saturated heterocycles. The topological polar surface area (TPSA) is 96.7 Å². The molecule has 3 aromatic rings. The zero-order valence-electron chi connectivity index (χ0n) is 11.3. The predicted octanol–water partition coefficient (Wildman–Crippen LogP) is 2.09. The van der Waals surface area contributed by atoms with Crippen LogP contribution >= 0.6 is 22.7 Å². The third kappa shape index (κ3) is 2.89. The van der Waals surface area contributed by atoms with Crippen LogP contribution < -0.4 is 5.32 Å². The maximum Gasteiger partial charge on any atom is 0.228 e. The van der Waals surface area contributed by atoms with Gasteiger partial charge in [0.25, 0.3) is 0 Å². The molecule has 3 rings (SSSR count). The molecule has 9 heteroatoms. The fourth-order valence-corrected chi connectivity index (χ4v) is 3.31. The van der Waals surface area contributed by atoms with Gasteiger partial charge < -0.3 is 5.11 Å². The first-order valence-electron chi connectivity index (χ1n) is 6.09. The average Bonchev–Trinajstić information content (AvgIpc) is 3.10. The molecule has 21 heavy (non-hydrogen) atoms. The largest absolute Gasteiger partial charge is 0.376 e. The van der Waals surface area contributed by atoms with E-state index >= 15 is 0 Å². The van der Waals surface area contributed by atoms with Crippen molar-refractivity contribution in [1.82, 2.24) is 25.1 Å². The van der Waals surface area contributed by atoms with Crippen molar-refractivity contribution in [3.05, 3.63) is 39.5 Å². The van der Waals surface area contributed by atoms with E-state index < -0.39 is 5.60 Å². The molecular formula is C12H12N6OS2. The van der Waals surface area contributed by atoms with Crippen LogP contribution in [0.1, 0.15) is 22.6 Å². The van der Waals surface area contributed by atoms with E-state index in [2.05, 4.69) is 30.5 Å². The van der Waals surface area contributed by atoms with Gasteiger partial charge >= 0.3 is 0 Å². The Morgan fingerprint density at radius 1 is 1.19 bits per heavy atom. The Morgan fingerprint density at radius 3 is 2.62 bits per heavy atom. The van der Waals surface area contributed by atoms with Crippen molar-refractivity contribution in [2.24, 2.45) is 0 Å². The van der Waals surface area contributed by atoms with Gasteiger partial charge in [-0.25, -0.2) is 15.0 Å². The number of hydrogen-bond acceptors (Lipinski definition) is 9. The van der Waals surface area contributed by atoms with E-state index in [0.29, 0.717) is 21.1 Å². The Hall–Kier alpha value is -1.97. The Kier molecular flexibility index (Phi) is 3.62. The lowest BCUT2D eigenvalue weighted by Gasteiger charge is -2.16.